The number of hydrogen-bond acceptors (Lipinski definition) is 4. The number of carbonyl (C=O) groups excluding carboxylic acids is 2. The Morgan fingerprint density at radius 1 is 1.11 bits per heavy atom. The number of thioether (sulfide) groups is 1. The van der Waals surface area contributed by atoms with E-state index in [4.69, 9.17) is 4.99 Å². The summed E-state index contributed by atoms with van der Waals surface area (Å²) in [6, 6.07) is 11.9. The second-order valence-electron chi connectivity index (χ2n) is 7.21. The fraction of sp³-hybridized carbons (Fsp3) is 0.318. The van der Waals surface area contributed by atoms with Gasteiger partial charge in [-0.05, 0) is 56.0 Å². The van der Waals surface area contributed by atoms with E-state index in [9.17, 15) is 9.59 Å². The van der Waals surface area contributed by atoms with Crippen molar-refractivity contribution in [3.63, 3.8) is 0 Å². The van der Waals surface area contributed by atoms with Crippen molar-refractivity contribution in [2.24, 2.45) is 4.99 Å². The minimum atomic E-state index is -0.460. The Balaban J connectivity index is 1.74. The van der Waals surface area contributed by atoms with Gasteiger partial charge in [-0.25, -0.2) is 4.99 Å². The van der Waals surface area contributed by atoms with Crippen LogP contribution >= 0.6 is 11.8 Å². The second-order valence-corrected chi connectivity index (χ2v) is 8.38. The third kappa shape index (κ3) is 4.28. The maximum Gasteiger partial charge on any atom is 0.242 e. The second kappa shape index (κ2) is 8.19. The van der Waals surface area contributed by atoms with Crippen LogP contribution in [0.1, 0.15) is 28.7 Å². The largest absolute Gasteiger partial charge is 0.326 e. The van der Waals surface area contributed by atoms with E-state index in [2.05, 4.69) is 5.32 Å². The van der Waals surface area contributed by atoms with Gasteiger partial charge in [-0.1, -0.05) is 42.1 Å². The Bertz CT molecular complexity index is 948. The Morgan fingerprint density at radius 2 is 1.79 bits per heavy atom. The molecule has 0 radical (unpaired) electrons. The monoisotopic (exact) mass is 395 g/mol. The van der Waals surface area contributed by atoms with E-state index in [1.54, 1.807) is 11.9 Å². The molecule has 1 aliphatic rings. The van der Waals surface area contributed by atoms with Crippen LogP contribution < -0.4 is 5.32 Å². The minimum Gasteiger partial charge on any atom is -0.326 e. The number of nitrogens with zero attached hydrogens (tertiary/aromatic N) is 2. The molecule has 0 aliphatic carbocycles. The molecule has 28 heavy (non-hydrogen) atoms. The number of para-hydroxylation sites is 1. The normalized spacial score (nSPS) is 18.0. The van der Waals surface area contributed by atoms with Crippen molar-refractivity contribution < 1.29 is 9.59 Å². The van der Waals surface area contributed by atoms with E-state index in [0.29, 0.717) is 5.17 Å². The summed E-state index contributed by atoms with van der Waals surface area (Å²) in [6.07, 6.45) is 0.118. The van der Waals surface area contributed by atoms with Crippen LogP contribution in [-0.4, -0.2) is 34.2 Å². The molecule has 1 heterocycles. The topological polar surface area (TPSA) is 61.8 Å². The molecule has 146 valence electrons. The Labute approximate surface area is 170 Å². The molecule has 1 aliphatic heterocycles. The summed E-state index contributed by atoms with van der Waals surface area (Å²) in [5.74, 6) is -0.257. The zero-order chi connectivity index (χ0) is 20.4. The minimum absolute atomic E-state index is 0.0916. The predicted molar refractivity (Wildman–Crippen MR) is 116 cm³/mol. The van der Waals surface area contributed by atoms with Gasteiger partial charge in [0.05, 0.1) is 5.69 Å². The number of hydrogen-bond donors (Lipinski definition) is 1. The average Bonchev–Trinajstić information content (AvgIpc) is 2.89. The summed E-state index contributed by atoms with van der Waals surface area (Å²) < 4.78 is 0. The molecule has 6 heteroatoms. The van der Waals surface area contributed by atoms with E-state index in [1.165, 1.54) is 11.8 Å². The first-order valence-corrected chi connectivity index (χ1v) is 10.1. The van der Waals surface area contributed by atoms with E-state index in [-0.39, 0.29) is 18.2 Å². The standard InChI is InChI=1S/C22H25N3O2S/c1-13-9-10-14(2)17(11-13)23-19(26)12-18-21(27)25(5)22(28-18)24-20-15(3)7-6-8-16(20)4/h6-11,18H,12H2,1-5H3,(H,23,26)/t18-/m0/s1. The molecule has 0 saturated carbocycles. The van der Waals surface area contributed by atoms with Crippen molar-refractivity contribution in [1.82, 2.24) is 4.90 Å². The van der Waals surface area contributed by atoms with E-state index in [1.807, 2.05) is 64.1 Å². The predicted octanol–water partition coefficient (Wildman–Crippen LogP) is 4.51. The van der Waals surface area contributed by atoms with Crippen molar-refractivity contribution in [2.45, 2.75) is 39.4 Å². The van der Waals surface area contributed by atoms with Crippen LogP contribution in [0.4, 0.5) is 11.4 Å². The van der Waals surface area contributed by atoms with Gasteiger partial charge in [0.1, 0.15) is 5.25 Å². The number of nitrogens with one attached hydrogen (secondary N) is 1. The smallest absolute Gasteiger partial charge is 0.242 e. The van der Waals surface area contributed by atoms with Gasteiger partial charge < -0.3 is 5.32 Å². The van der Waals surface area contributed by atoms with E-state index >= 15 is 0 Å². The van der Waals surface area contributed by atoms with E-state index < -0.39 is 5.25 Å². The van der Waals surface area contributed by atoms with Gasteiger partial charge in [-0.3, -0.25) is 14.5 Å². The van der Waals surface area contributed by atoms with Gasteiger partial charge in [-0.2, -0.15) is 0 Å². The SMILES string of the molecule is Cc1ccc(C)c(NC(=O)C[C@@H]2SC(=Nc3c(C)cccc3C)N(C)C2=O)c1. The molecule has 1 fully saturated rings. The number of amidine groups is 1. The van der Waals surface area contributed by atoms with Crippen molar-refractivity contribution in [1.29, 1.82) is 0 Å². The molecular formula is C22H25N3O2S. The number of carbonyl (C=O) groups is 2. The quantitative estimate of drug-likeness (QED) is 0.828. The fourth-order valence-corrected chi connectivity index (χ4v) is 4.26. The van der Waals surface area contributed by atoms with Gasteiger partial charge >= 0.3 is 0 Å². The summed E-state index contributed by atoms with van der Waals surface area (Å²) >= 11 is 1.35. The number of amides is 2. The number of aryl methyl sites for hydroxylation is 4. The first-order chi connectivity index (χ1) is 13.3. The Hall–Kier alpha value is -2.60. The fourth-order valence-electron chi connectivity index (χ4n) is 3.12. The highest BCUT2D eigenvalue weighted by Gasteiger charge is 2.37. The van der Waals surface area contributed by atoms with Crippen LogP contribution in [0.25, 0.3) is 0 Å². The maximum atomic E-state index is 12.6. The van der Waals surface area contributed by atoms with Gasteiger partial charge in [0.25, 0.3) is 0 Å². The zero-order valence-electron chi connectivity index (χ0n) is 16.9. The third-order valence-corrected chi connectivity index (χ3v) is 6.05. The maximum absolute atomic E-state index is 12.6. The number of rotatable bonds is 4. The molecule has 2 aromatic rings. The molecular weight excluding hydrogens is 370 g/mol. The first-order valence-electron chi connectivity index (χ1n) is 9.22. The molecule has 0 bridgehead atoms. The zero-order valence-corrected chi connectivity index (χ0v) is 17.7. The molecule has 3 rings (SSSR count). The van der Waals surface area contributed by atoms with Crippen LogP contribution in [0.3, 0.4) is 0 Å². The lowest BCUT2D eigenvalue weighted by molar-refractivity contribution is -0.127. The van der Waals surface area contributed by atoms with Crippen molar-refractivity contribution in [3.05, 3.63) is 58.7 Å². The Morgan fingerprint density at radius 3 is 2.46 bits per heavy atom. The highest BCUT2D eigenvalue weighted by atomic mass is 32.2. The molecule has 0 spiro atoms. The highest BCUT2D eigenvalue weighted by Crippen LogP contribution is 2.33. The van der Waals surface area contributed by atoms with E-state index in [0.717, 1.165) is 33.6 Å². The Kier molecular flexibility index (Phi) is 5.89. The van der Waals surface area contributed by atoms with Gasteiger partial charge in [-0.15, -0.1) is 0 Å². The summed E-state index contributed by atoms with van der Waals surface area (Å²) in [5, 5.41) is 3.10. The summed E-state index contributed by atoms with van der Waals surface area (Å²) in [7, 11) is 1.71. The summed E-state index contributed by atoms with van der Waals surface area (Å²) in [6.45, 7) is 7.94. The number of aliphatic imine (C=N–C) groups is 1. The average molecular weight is 396 g/mol. The van der Waals surface area contributed by atoms with Gasteiger partial charge in [0, 0.05) is 19.2 Å². The molecule has 2 aromatic carbocycles. The van der Waals surface area contributed by atoms with Crippen molar-refractivity contribution >= 4 is 40.1 Å². The van der Waals surface area contributed by atoms with Gasteiger partial charge in [0.15, 0.2) is 5.17 Å². The summed E-state index contributed by atoms with van der Waals surface area (Å²) in [4.78, 5) is 31.4. The number of anilines is 1. The number of benzene rings is 2. The molecule has 1 saturated heterocycles. The van der Waals surface area contributed by atoms with Crippen LogP contribution in [0.15, 0.2) is 41.4 Å². The first kappa shape index (κ1) is 20.1. The molecule has 0 aromatic heterocycles. The lowest BCUT2D eigenvalue weighted by Gasteiger charge is -2.11. The van der Waals surface area contributed by atoms with Crippen LogP contribution in [-0.2, 0) is 9.59 Å². The molecule has 0 unspecified atom stereocenters. The lowest BCUT2D eigenvalue weighted by Crippen LogP contribution is -2.30. The third-order valence-electron chi connectivity index (χ3n) is 4.83. The highest BCUT2D eigenvalue weighted by molar-refractivity contribution is 8.15. The molecule has 1 atom stereocenters. The van der Waals surface area contributed by atoms with Gasteiger partial charge in [0.2, 0.25) is 11.8 Å². The molecule has 2 amide bonds. The summed E-state index contributed by atoms with van der Waals surface area (Å²) in [5.41, 5.74) is 5.87. The lowest BCUT2D eigenvalue weighted by atomic mass is 10.1. The molecule has 1 N–H and O–H groups in total. The molecule has 5 nitrogen and oxygen atoms in total. The van der Waals surface area contributed by atoms with Crippen molar-refractivity contribution in [3.8, 4) is 0 Å². The van der Waals surface area contributed by atoms with Crippen LogP contribution in [0, 0.1) is 27.7 Å². The van der Waals surface area contributed by atoms with Crippen molar-refractivity contribution in [2.75, 3.05) is 12.4 Å². The van der Waals surface area contributed by atoms with Crippen LogP contribution in [0.5, 0.6) is 0 Å². The van der Waals surface area contributed by atoms with Crippen LogP contribution in [0.2, 0.25) is 0 Å².